The monoisotopic (exact) mass is 379 g/mol. The van der Waals surface area contributed by atoms with Gasteiger partial charge in [-0.3, -0.25) is 4.99 Å². The van der Waals surface area contributed by atoms with Crippen LogP contribution in [0.25, 0.3) is 0 Å². The largest absolute Gasteiger partial charge is 0.493 e. The zero-order valence-electron chi connectivity index (χ0n) is 16.8. The minimum Gasteiger partial charge on any atom is -0.493 e. The van der Waals surface area contributed by atoms with Crippen LogP contribution < -0.4 is 20.1 Å². The van der Waals surface area contributed by atoms with Crippen molar-refractivity contribution in [1.82, 2.24) is 10.6 Å². The molecular formula is C20H33N3O4. The van der Waals surface area contributed by atoms with Crippen LogP contribution in [0.2, 0.25) is 0 Å². The first-order chi connectivity index (χ1) is 13.3. The number of benzene rings is 1. The highest BCUT2D eigenvalue weighted by atomic mass is 16.5. The molecule has 1 aliphatic heterocycles. The van der Waals surface area contributed by atoms with Crippen molar-refractivity contribution in [3.63, 3.8) is 0 Å². The molecule has 1 atom stereocenters. The van der Waals surface area contributed by atoms with E-state index in [1.807, 2.05) is 25.1 Å². The Balaban J connectivity index is 1.65. The van der Waals surface area contributed by atoms with E-state index < -0.39 is 0 Å². The van der Waals surface area contributed by atoms with Crippen LogP contribution in [-0.2, 0) is 16.0 Å². The van der Waals surface area contributed by atoms with Crippen LogP contribution in [0.4, 0.5) is 0 Å². The predicted octanol–water partition coefficient (Wildman–Crippen LogP) is 2.34. The number of hydrogen-bond acceptors (Lipinski definition) is 5. The Bertz CT molecular complexity index is 574. The summed E-state index contributed by atoms with van der Waals surface area (Å²) in [6.45, 7) is 6.31. The van der Waals surface area contributed by atoms with Gasteiger partial charge in [0.15, 0.2) is 17.5 Å². The van der Waals surface area contributed by atoms with E-state index in [9.17, 15) is 0 Å². The maximum absolute atomic E-state index is 5.67. The fraction of sp³-hybridized carbons (Fsp3) is 0.650. The molecule has 152 valence electrons. The molecule has 1 aliphatic rings. The zero-order chi connectivity index (χ0) is 19.3. The molecule has 1 fully saturated rings. The van der Waals surface area contributed by atoms with Crippen LogP contribution in [0.1, 0.15) is 31.7 Å². The molecule has 7 heteroatoms. The van der Waals surface area contributed by atoms with Crippen LogP contribution >= 0.6 is 0 Å². The van der Waals surface area contributed by atoms with E-state index in [-0.39, 0.29) is 0 Å². The van der Waals surface area contributed by atoms with Crippen molar-refractivity contribution in [3.05, 3.63) is 23.8 Å². The minimum atomic E-state index is 0.290. The highest BCUT2D eigenvalue weighted by Gasteiger charge is 2.14. The maximum Gasteiger partial charge on any atom is 0.191 e. The van der Waals surface area contributed by atoms with E-state index in [0.717, 1.165) is 62.0 Å². The average molecular weight is 380 g/mol. The first kappa shape index (κ1) is 21.3. The standard InChI is InChI=1S/C20H33N3O4/c1-4-26-19-13-16(8-9-18(19)24-3)14-23-20(21-2)22-10-6-11-25-15-17-7-5-12-27-17/h8-9,13,17H,4-7,10-12,14-15H2,1-3H3,(H2,21,22,23). The van der Waals surface area contributed by atoms with Crippen molar-refractivity contribution in [2.45, 2.75) is 38.8 Å². The average Bonchev–Trinajstić information content (AvgIpc) is 3.21. The van der Waals surface area contributed by atoms with Crippen molar-refractivity contribution >= 4 is 5.96 Å². The first-order valence-corrected chi connectivity index (χ1v) is 9.70. The van der Waals surface area contributed by atoms with Gasteiger partial charge in [0, 0.05) is 33.4 Å². The molecule has 1 unspecified atom stereocenters. The van der Waals surface area contributed by atoms with Crippen LogP contribution in [-0.4, -0.2) is 59.2 Å². The second kappa shape index (κ2) is 12.4. The van der Waals surface area contributed by atoms with Gasteiger partial charge in [-0.2, -0.15) is 0 Å². The topological polar surface area (TPSA) is 73.3 Å². The molecule has 1 saturated heterocycles. The van der Waals surface area contributed by atoms with E-state index >= 15 is 0 Å². The quantitative estimate of drug-likeness (QED) is 0.349. The lowest BCUT2D eigenvalue weighted by molar-refractivity contribution is 0.0168. The molecule has 0 amide bonds. The van der Waals surface area contributed by atoms with E-state index in [4.69, 9.17) is 18.9 Å². The Hall–Kier alpha value is -1.99. The Labute approximate surface area is 162 Å². The van der Waals surface area contributed by atoms with Gasteiger partial charge in [-0.1, -0.05) is 6.07 Å². The van der Waals surface area contributed by atoms with Gasteiger partial charge in [-0.25, -0.2) is 0 Å². The summed E-state index contributed by atoms with van der Waals surface area (Å²) >= 11 is 0. The third kappa shape index (κ3) is 7.64. The lowest BCUT2D eigenvalue weighted by Gasteiger charge is -2.14. The number of nitrogens with zero attached hydrogens (tertiary/aromatic N) is 1. The van der Waals surface area contributed by atoms with Gasteiger partial charge < -0.3 is 29.6 Å². The molecule has 0 saturated carbocycles. The molecular weight excluding hydrogens is 346 g/mol. The number of hydrogen-bond donors (Lipinski definition) is 2. The molecule has 2 N–H and O–H groups in total. The molecule has 0 aromatic heterocycles. The van der Waals surface area contributed by atoms with Crippen LogP contribution in [0, 0.1) is 0 Å². The third-order valence-corrected chi connectivity index (χ3v) is 4.30. The van der Waals surface area contributed by atoms with Gasteiger partial charge in [0.2, 0.25) is 0 Å². The summed E-state index contributed by atoms with van der Waals surface area (Å²) < 4.78 is 22.1. The SMILES string of the molecule is CCOc1cc(CNC(=NC)NCCCOCC2CCCO2)ccc1OC. The summed E-state index contributed by atoms with van der Waals surface area (Å²) in [6, 6.07) is 5.92. The van der Waals surface area contributed by atoms with Crippen LogP contribution in [0.15, 0.2) is 23.2 Å². The van der Waals surface area contributed by atoms with Gasteiger partial charge in [0.25, 0.3) is 0 Å². The smallest absolute Gasteiger partial charge is 0.191 e. The first-order valence-electron chi connectivity index (χ1n) is 9.70. The van der Waals surface area contributed by atoms with Gasteiger partial charge >= 0.3 is 0 Å². The lowest BCUT2D eigenvalue weighted by Crippen LogP contribution is -2.37. The van der Waals surface area contributed by atoms with Gasteiger partial charge in [-0.05, 0) is 43.9 Å². The number of nitrogens with one attached hydrogen (secondary N) is 2. The summed E-state index contributed by atoms with van der Waals surface area (Å²) in [7, 11) is 3.41. The number of methoxy groups -OCH3 is 1. The molecule has 2 rings (SSSR count). The highest BCUT2D eigenvalue weighted by molar-refractivity contribution is 5.79. The summed E-state index contributed by atoms with van der Waals surface area (Å²) in [4.78, 5) is 4.25. The zero-order valence-corrected chi connectivity index (χ0v) is 16.8. The predicted molar refractivity (Wildman–Crippen MR) is 107 cm³/mol. The number of ether oxygens (including phenoxy) is 4. The molecule has 1 aromatic carbocycles. The molecule has 0 radical (unpaired) electrons. The van der Waals surface area contributed by atoms with Crippen molar-refractivity contribution in [2.75, 3.05) is 47.1 Å². The van der Waals surface area contributed by atoms with Crippen molar-refractivity contribution in [2.24, 2.45) is 4.99 Å². The maximum atomic E-state index is 5.67. The van der Waals surface area contributed by atoms with Crippen molar-refractivity contribution in [1.29, 1.82) is 0 Å². The normalized spacial score (nSPS) is 17.0. The van der Waals surface area contributed by atoms with E-state index in [2.05, 4.69) is 15.6 Å². The molecule has 1 heterocycles. The summed E-state index contributed by atoms with van der Waals surface area (Å²) in [5, 5.41) is 6.61. The van der Waals surface area contributed by atoms with E-state index in [0.29, 0.717) is 25.9 Å². The van der Waals surface area contributed by atoms with Gasteiger partial charge in [-0.15, -0.1) is 0 Å². The highest BCUT2D eigenvalue weighted by Crippen LogP contribution is 2.27. The Kier molecular flexibility index (Phi) is 9.79. The minimum absolute atomic E-state index is 0.290. The van der Waals surface area contributed by atoms with Crippen molar-refractivity contribution < 1.29 is 18.9 Å². The lowest BCUT2D eigenvalue weighted by atomic mass is 10.2. The van der Waals surface area contributed by atoms with E-state index in [1.54, 1.807) is 14.2 Å². The summed E-state index contributed by atoms with van der Waals surface area (Å²) in [5.41, 5.74) is 1.10. The Morgan fingerprint density at radius 3 is 2.89 bits per heavy atom. The molecule has 0 aliphatic carbocycles. The fourth-order valence-electron chi connectivity index (χ4n) is 2.88. The number of rotatable bonds is 11. The third-order valence-electron chi connectivity index (χ3n) is 4.30. The second-order valence-electron chi connectivity index (χ2n) is 6.33. The number of aliphatic imine (C=N–C) groups is 1. The fourth-order valence-corrected chi connectivity index (χ4v) is 2.88. The van der Waals surface area contributed by atoms with Gasteiger partial charge in [0.1, 0.15) is 0 Å². The molecule has 0 bridgehead atoms. The van der Waals surface area contributed by atoms with Gasteiger partial charge in [0.05, 0.1) is 26.4 Å². The van der Waals surface area contributed by atoms with Crippen molar-refractivity contribution in [3.8, 4) is 11.5 Å². The molecule has 27 heavy (non-hydrogen) atoms. The van der Waals surface area contributed by atoms with E-state index in [1.165, 1.54) is 0 Å². The Morgan fingerprint density at radius 2 is 2.19 bits per heavy atom. The molecule has 7 nitrogen and oxygen atoms in total. The second-order valence-corrected chi connectivity index (χ2v) is 6.33. The summed E-state index contributed by atoms with van der Waals surface area (Å²) in [6.07, 6.45) is 3.48. The van der Waals surface area contributed by atoms with Crippen LogP contribution in [0.3, 0.4) is 0 Å². The number of guanidine groups is 1. The molecule has 1 aromatic rings. The molecule has 0 spiro atoms. The summed E-state index contributed by atoms with van der Waals surface area (Å²) in [5.74, 6) is 2.26. The van der Waals surface area contributed by atoms with Crippen LogP contribution in [0.5, 0.6) is 11.5 Å². The Morgan fingerprint density at radius 1 is 1.30 bits per heavy atom.